The number of amides is 2. The number of piperidine rings is 1. The van der Waals surface area contributed by atoms with E-state index in [1.54, 1.807) is 0 Å². The number of carbonyl (C=O) groups excluding carboxylic acids is 1. The van der Waals surface area contributed by atoms with Crippen molar-refractivity contribution in [2.24, 2.45) is 0 Å². The van der Waals surface area contributed by atoms with E-state index in [1.165, 1.54) is 31.4 Å². The Bertz CT molecular complexity index is 886. The number of alkyl halides is 3. The lowest BCUT2D eigenvalue weighted by molar-refractivity contribution is -0.137. The van der Waals surface area contributed by atoms with E-state index >= 15 is 0 Å². The minimum atomic E-state index is -4.38. The van der Waals surface area contributed by atoms with Crippen molar-refractivity contribution >= 4 is 6.03 Å². The smallest absolute Gasteiger partial charge is 0.338 e. The molecule has 7 nitrogen and oxygen atoms in total. The number of carbonyl (C=O) groups is 1. The lowest BCUT2D eigenvalue weighted by Gasteiger charge is -2.32. The maximum Gasteiger partial charge on any atom is 0.416 e. The molecule has 2 aromatic rings. The van der Waals surface area contributed by atoms with Gasteiger partial charge >= 0.3 is 12.2 Å². The monoisotopic (exact) mass is 451 g/mol. The molecule has 4 rings (SSSR count). The van der Waals surface area contributed by atoms with E-state index in [9.17, 15) is 18.0 Å². The molecule has 2 N–H and O–H groups in total. The quantitative estimate of drug-likeness (QED) is 0.706. The Balaban J connectivity index is 1.22. The number of benzene rings is 1. The van der Waals surface area contributed by atoms with Crippen molar-refractivity contribution < 1.29 is 22.5 Å². The number of hydrogen-bond donors (Lipinski definition) is 2. The summed E-state index contributed by atoms with van der Waals surface area (Å²) in [6.45, 7) is 2.04. The van der Waals surface area contributed by atoms with Crippen molar-refractivity contribution in [3.8, 4) is 11.4 Å². The standard InChI is InChI=1S/C22H28F3N5O2/c23-22(24,25)16-8-6-15(7-9-16)20-28-19(32-29-20)14-30-12-10-18(11-13-30)27-21(31)26-17-4-2-1-3-5-17/h6-9,17-18H,1-5,10-14H2,(H2,26,27,31). The molecule has 2 fully saturated rings. The van der Waals surface area contributed by atoms with Gasteiger partial charge in [-0.25, -0.2) is 4.79 Å². The molecule has 10 heteroatoms. The van der Waals surface area contributed by atoms with Crippen molar-refractivity contribution in [1.29, 1.82) is 0 Å². The first-order valence-corrected chi connectivity index (χ1v) is 11.2. The number of hydrogen-bond acceptors (Lipinski definition) is 5. The van der Waals surface area contributed by atoms with Gasteiger partial charge < -0.3 is 15.2 Å². The van der Waals surface area contributed by atoms with E-state index in [2.05, 4.69) is 25.7 Å². The van der Waals surface area contributed by atoms with Crippen LogP contribution < -0.4 is 10.6 Å². The SMILES string of the molecule is O=C(NC1CCCCC1)NC1CCN(Cc2nc(-c3ccc(C(F)(F)F)cc3)no2)CC1. The van der Waals surface area contributed by atoms with Gasteiger partial charge in [0.2, 0.25) is 11.7 Å². The molecule has 0 radical (unpaired) electrons. The van der Waals surface area contributed by atoms with E-state index in [4.69, 9.17) is 4.52 Å². The van der Waals surface area contributed by atoms with Crippen molar-refractivity contribution in [2.45, 2.75) is 69.8 Å². The fourth-order valence-corrected chi connectivity index (χ4v) is 4.33. The zero-order valence-electron chi connectivity index (χ0n) is 17.8. The number of halogens is 3. The van der Waals surface area contributed by atoms with Crippen LogP contribution in [0.1, 0.15) is 56.4 Å². The molecule has 2 amide bonds. The molecule has 2 aliphatic rings. The molecule has 1 aromatic carbocycles. The summed E-state index contributed by atoms with van der Waals surface area (Å²) < 4.78 is 43.4. The van der Waals surface area contributed by atoms with Crippen LogP contribution in [0.4, 0.5) is 18.0 Å². The first-order chi connectivity index (χ1) is 15.4. The summed E-state index contributed by atoms with van der Waals surface area (Å²) in [7, 11) is 0. The molecular weight excluding hydrogens is 423 g/mol. The molecule has 2 heterocycles. The van der Waals surface area contributed by atoms with Gasteiger partial charge in [0.05, 0.1) is 12.1 Å². The first-order valence-electron chi connectivity index (χ1n) is 11.2. The summed E-state index contributed by atoms with van der Waals surface area (Å²) >= 11 is 0. The summed E-state index contributed by atoms with van der Waals surface area (Å²) in [5.74, 6) is 0.686. The predicted octanol–water partition coefficient (Wildman–Crippen LogP) is 4.35. The van der Waals surface area contributed by atoms with Gasteiger partial charge in [-0.15, -0.1) is 0 Å². The molecule has 0 bridgehead atoms. The Kier molecular flexibility index (Phi) is 6.98. The molecule has 0 spiro atoms. The van der Waals surface area contributed by atoms with Crippen LogP contribution in [-0.2, 0) is 12.7 Å². The molecule has 1 saturated heterocycles. The minimum Gasteiger partial charge on any atom is -0.338 e. The summed E-state index contributed by atoms with van der Waals surface area (Å²) in [4.78, 5) is 18.7. The number of likely N-dealkylation sites (tertiary alicyclic amines) is 1. The molecule has 0 atom stereocenters. The van der Waals surface area contributed by atoms with E-state index in [1.807, 2.05) is 0 Å². The van der Waals surface area contributed by atoms with Crippen molar-refractivity contribution in [2.75, 3.05) is 13.1 Å². The fraction of sp³-hybridized carbons (Fsp3) is 0.591. The normalized spacial score (nSPS) is 19.1. The summed E-state index contributed by atoms with van der Waals surface area (Å²) in [6, 6.07) is 5.05. The van der Waals surface area contributed by atoms with Gasteiger partial charge in [0, 0.05) is 30.7 Å². The Morgan fingerprint density at radius 1 is 1.00 bits per heavy atom. The first kappa shape index (κ1) is 22.6. The number of aromatic nitrogens is 2. The second-order valence-electron chi connectivity index (χ2n) is 8.59. The topological polar surface area (TPSA) is 83.3 Å². The van der Waals surface area contributed by atoms with Crippen molar-refractivity contribution in [3.05, 3.63) is 35.7 Å². The molecule has 32 heavy (non-hydrogen) atoms. The third-order valence-corrected chi connectivity index (χ3v) is 6.16. The summed E-state index contributed by atoms with van der Waals surface area (Å²) in [5, 5.41) is 10.1. The van der Waals surface area contributed by atoms with Crippen molar-refractivity contribution in [3.63, 3.8) is 0 Å². The molecule has 1 saturated carbocycles. The number of nitrogens with zero attached hydrogens (tertiary/aromatic N) is 3. The highest BCUT2D eigenvalue weighted by Gasteiger charge is 2.30. The Labute approximate surface area is 184 Å². The summed E-state index contributed by atoms with van der Waals surface area (Å²) in [5.41, 5.74) is -0.242. The summed E-state index contributed by atoms with van der Waals surface area (Å²) in [6.07, 6.45) is 3.02. The Morgan fingerprint density at radius 3 is 2.25 bits per heavy atom. The number of nitrogens with one attached hydrogen (secondary N) is 2. The Morgan fingerprint density at radius 2 is 1.62 bits per heavy atom. The molecule has 1 aliphatic heterocycles. The van der Waals surface area contributed by atoms with E-state index in [0.717, 1.165) is 50.9 Å². The van der Waals surface area contributed by atoms with Gasteiger partial charge in [0.15, 0.2) is 0 Å². The van der Waals surface area contributed by atoms with Gasteiger partial charge in [-0.05, 0) is 37.8 Å². The number of rotatable bonds is 5. The highest BCUT2D eigenvalue weighted by Crippen LogP contribution is 2.30. The van der Waals surface area contributed by atoms with E-state index in [-0.39, 0.29) is 17.9 Å². The van der Waals surface area contributed by atoms with Crippen LogP contribution >= 0.6 is 0 Å². The zero-order chi connectivity index (χ0) is 22.6. The molecule has 1 aromatic heterocycles. The lowest BCUT2D eigenvalue weighted by atomic mass is 9.96. The highest BCUT2D eigenvalue weighted by atomic mass is 19.4. The van der Waals surface area contributed by atoms with Crippen LogP contribution in [0, 0.1) is 0 Å². The molecule has 174 valence electrons. The molecule has 0 unspecified atom stereocenters. The molecule has 1 aliphatic carbocycles. The maximum absolute atomic E-state index is 12.7. The van der Waals surface area contributed by atoms with Gasteiger partial charge in [-0.1, -0.05) is 36.6 Å². The van der Waals surface area contributed by atoms with Crippen molar-refractivity contribution in [1.82, 2.24) is 25.7 Å². The van der Waals surface area contributed by atoms with Gasteiger partial charge in [-0.2, -0.15) is 18.2 Å². The van der Waals surface area contributed by atoms with Crippen LogP contribution in [-0.4, -0.2) is 46.2 Å². The molecular formula is C22H28F3N5O2. The largest absolute Gasteiger partial charge is 0.416 e. The second kappa shape index (κ2) is 9.89. The van der Waals surface area contributed by atoms with Crippen LogP contribution in [0.2, 0.25) is 0 Å². The van der Waals surface area contributed by atoms with Crippen LogP contribution in [0.3, 0.4) is 0 Å². The average Bonchev–Trinajstić information content (AvgIpc) is 3.24. The predicted molar refractivity (Wildman–Crippen MR) is 112 cm³/mol. The highest BCUT2D eigenvalue weighted by molar-refractivity contribution is 5.74. The Hall–Kier alpha value is -2.62. The van der Waals surface area contributed by atoms with E-state index < -0.39 is 11.7 Å². The third kappa shape index (κ3) is 5.99. The fourth-order valence-electron chi connectivity index (χ4n) is 4.33. The van der Waals surface area contributed by atoms with Crippen LogP contribution in [0.15, 0.2) is 28.8 Å². The third-order valence-electron chi connectivity index (χ3n) is 6.16. The van der Waals surface area contributed by atoms with E-state index in [0.29, 0.717) is 24.0 Å². The van der Waals surface area contributed by atoms with Gasteiger partial charge in [-0.3, -0.25) is 4.90 Å². The number of urea groups is 1. The van der Waals surface area contributed by atoms with Crippen LogP contribution in [0.5, 0.6) is 0 Å². The van der Waals surface area contributed by atoms with Crippen LogP contribution in [0.25, 0.3) is 11.4 Å². The van der Waals surface area contributed by atoms with Gasteiger partial charge in [0.25, 0.3) is 0 Å². The second-order valence-corrected chi connectivity index (χ2v) is 8.59. The maximum atomic E-state index is 12.7. The lowest BCUT2D eigenvalue weighted by Crippen LogP contribution is -2.50. The van der Waals surface area contributed by atoms with Gasteiger partial charge in [0.1, 0.15) is 0 Å². The zero-order valence-corrected chi connectivity index (χ0v) is 17.8. The minimum absolute atomic E-state index is 0.0755. The average molecular weight is 451 g/mol.